The zero-order valence-corrected chi connectivity index (χ0v) is 14.7. The van der Waals surface area contributed by atoms with E-state index in [0.717, 1.165) is 10.9 Å². The van der Waals surface area contributed by atoms with Gasteiger partial charge in [-0.05, 0) is 44.3 Å². The Labute approximate surface area is 150 Å². The minimum absolute atomic E-state index is 0.0323. The Bertz CT molecular complexity index is 883. The third kappa shape index (κ3) is 3.92. The summed E-state index contributed by atoms with van der Waals surface area (Å²) in [5.74, 6) is 1.34. The van der Waals surface area contributed by atoms with Crippen molar-refractivity contribution in [3.8, 4) is 11.5 Å². The van der Waals surface area contributed by atoms with Crippen molar-refractivity contribution in [3.63, 3.8) is 0 Å². The van der Waals surface area contributed by atoms with Gasteiger partial charge in [0.15, 0.2) is 0 Å². The first kappa shape index (κ1) is 17.3. The van der Waals surface area contributed by atoms with Crippen LogP contribution in [0, 0.1) is 0 Å². The summed E-state index contributed by atoms with van der Waals surface area (Å²) in [4.78, 5) is 8.65. The van der Waals surface area contributed by atoms with Crippen molar-refractivity contribution in [1.29, 1.82) is 0 Å². The van der Waals surface area contributed by atoms with E-state index in [1.54, 1.807) is 12.1 Å². The average Bonchev–Trinajstić information content (AvgIpc) is 2.62. The lowest BCUT2D eigenvalue weighted by Crippen LogP contribution is -2.28. The van der Waals surface area contributed by atoms with Crippen LogP contribution < -0.4 is 15.4 Å². The summed E-state index contributed by atoms with van der Waals surface area (Å²) in [6.07, 6.45) is 1.49. The molecule has 0 radical (unpaired) electrons. The summed E-state index contributed by atoms with van der Waals surface area (Å²) in [6.45, 7) is 2.56. The van der Waals surface area contributed by atoms with Gasteiger partial charge in [0.05, 0.1) is 15.9 Å². The van der Waals surface area contributed by atoms with Gasteiger partial charge < -0.3 is 20.5 Å². The highest BCUT2D eigenvalue weighted by Crippen LogP contribution is 2.33. The molecule has 0 unspecified atom stereocenters. The molecule has 130 valence electrons. The van der Waals surface area contributed by atoms with Gasteiger partial charge in [0.1, 0.15) is 30.3 Å². The molecule has 0 fully saturated rings. The second-order valence-corrected chi connectivity index (χ2v) is 6.07. The monoisotopic (exact) mass is 358 g/mol. The fraction of sp³-hybridized carbons (Fsp3) is 0.222. The largest absolute Gasteiger partial charge is 0.506 e. The molecule has 0 aliphatic carbocycles. The topological polar surface area (TPSA) is 79.3 Å². The number of likely N-dealkylation sites (N-methyl/N-ethyl adjacent to an activating group) is 1. The van der Waals surface area contributed by atoms with Gasteiger partial charge in [-0.1, -0.05) is 17.7 Å². The van der Waals surface area contributed by atoms with Crippen LogP contribution in [0.4, 0.5) is 11.5 Å². The second-order valence-electron chi connectivity index (χ2n) is 5.66. The van der Waals surface area contributed by atoms with Gasteiger partial charge in [-0.2, -0.15) is 0 Å². The number of nitrogens with zero attached hydrogens (tertiary/aromatic N) is 2. The second kappa shape index (κ2) is 7.55. The number of rotatable bonds is 6. The summed E-state index contributed by atoms with van der Waals surface area (Å²) in [7, 11) is 1.89. The molecule has 3 N–H and O–H groups in total. The summed E-state index contributed by atoms with van der Waals surface area (Å²) in [5.41, 5.74) is 1.48. The SMILES string of the molecule is CN[C@H](C)COc1cccc2ncnc(Nc3ccc(O)c(Cl)c3)c12. The summed E-state index contributed by atoms with van der Waals surface area (Å²) < 4.78 is 5.94. The van der Waals surface area contributed by atoms with Crippen molar-refractivity contribution in [2.45, 2.75) is 13.0 Å². The van der Waals surface area contributed by atoms with Crippen molar-refractivity contribution >= 4 is 34.0 Å². The Balaban J connectivity index is 1.98. The molecule has 0 aliphatic rings. The molecule has 0 spiro atoms. The summed E-state index contributed by atoms with van der Waals surface area (Å²) >= 11 is 5.98. The number of benzene rings is 2. The molecule has 2 aromatic carbocycles. The third-order valence-corrected chi connectivity index (χ3v) is 4.12. The van der Waals surface area contributed by atoms with E-state index in [-0.39, 0.29) is 16.8 Å². The molecule has 6 nitrogen and oxygen atoms in total. The number of ether oxygens (including phenoxy) is 1. The van der Waals surface area contributed by atoms with E-state index >= 15 is 0 Å². The van der Waals surface area contributed by atoms with Crippen molar-refractivity contribution < 1.29 is 9.84 Å². The molecular weight excluding hydrogens is 340 g/mol. The molecule has 3 rings (SSSR count). The molecule has 1 atom stereocenters. The Hall–Kier alpha value is -2.57. The minimum atomic E-state index is 0.0323. The number of hydrogen-bond acceptors (Lipinski definition) is 6. The predicted octanol–water partition coefficient (Wildman–Crippen LogP) is 3.72. The van der Waals surface area contributed by atoms with Crippen LogP contribution in [-0.4, -0.2) is 34.8 Å². The van der Waals surface area contributed by atoms with E-state index in [1.165, 1.54) is 12.4 Å². The van der Waals surface area contributed by atoms with Gasteiger partial charge in [0.2, 0.25) is 0 Å². The molecular formula is C18H19ClN4O2. The van der Waals surface area contributed by atoms with Crippen molar-refractivity contribution in [2.75, 3.05) is 19.0 Å². The Morgan fingerprint density at radius 3 is 2.84 bits per heavy atom. The molecule has 0 aliphatic heterocycles. The summed E-state index contributed by atoms with van der Waals surface area (Å²) in [6, 6.07) is 10.8. The van der Waals surface area contributed by atoms with Crippen molar-refractivity contribution in [1.82, 2.24) is 15.3 Å². The van der Waals surface area contributed by atoms with Crippen molar-refractivity contribution in [3.05, 3.63) is 47.7 Å². The van der Waals surface area contributed by atoms with Crippen LogP contribution in [0.15, 0.2) is 42.7 Å². The molecule has 0 saturated carbocycles. The first-order valence-electron chi connectivity index (χ1n) is 7.88. The third-order valence-electron chi connectivity index (χ3n) is 3.82. The maximum absolute atomic E-state index is 9.56. The Kier molecular flexibility index (Phi) is 5.21. The molecule has 0 saturated heterocycles. The lowest BCUT2D eigenvalue weighted by Gasteiger charge is -2.15. The van der Waals surface area contributed by atoms with Crippen LogP contribution in [0.5, 0.6) is 11.5 Å². The maximum Gasteiger partial charge on any atom is 0.145 e. The molecule has 3 aromatic rings. The van der Waals surface area contributed by atoms with Gasteiger partial charge in [0.25, 0.3) is 0 Å². The molecule has 7 heteroatoms. The zero-order valence-electron chi connectivity index (χ0n) is 14.0. The number of aromatic nitrogens is 2. The van der Waals surface area contributed by atoms with Crippen LogP contribution >= 0.6 is 11.6 Å². The number of hydrogen-bond donors (Lipinski definition) is 3. The number of phenolic OH excluding ortho intramolecular Hbond substituents is 1. The average molecular weight is 359 g/mol. The number of fused-ring (bicyclic) bond motifs is 1. The van der Waals surface area contributed by atoms with Crippen LogP contribution in [-0.2, 0) is 0 Å². The maximum atomic E-state index is 9.56. The highest BCUT2D eigenvalue weighted by atomic mass is 35.5. The van der Waals surface area contributed by atoms with E-state index in [0.29, 0.717) is 23.9 Å². The van der Waals surface area contributed by atoms with Gasteiger partial charge in [-0.15, -0.1) is 0 Å². The number of phenols is 1. The minimum Gasteiger partial charge on any atom is -0.506 e. The first-order valence-corrected chi connectivity index (χ1v) is 8.25. The summed E-state index contributed by atoms with van der Waals surface area (Å²) in [5, 5.41) is 17.0. The van der Waals surface area contributed by atoms with E-state index in [9.17, 15) is 5.11 Å². The number of aromatic hydroxyl groups is 1. The van der Waals surface area contributed by atoms with Gasteiger partial charge in [0, 0.05) is 11.7 Å². The quantitative estimate of drug-likeness (QED) is 0.583. The lowest BCUT2D eigenvalue weighted by molar-refractivity contribution is 0.283. The molecule has 0 bridgehead atoms. The normalized spacial score (nSPS) is 12.1. The van der Waals surface area contributed by atoms with Crippen molar-refractivity contribution in [2.24, 2.45) is 0 Å². The van der Waals surface area contributed by atoms with Gasteiger partial charge in [-0.3, -0.25) is 0 Å². The van der Waals surface area contributed by atoms with Gasteiger partial charge in [-0.25, -0.2) is 9.97 Å². The smallest absolute Gasteiger partial charge is 0.145 e. The molecule has 0 amide bonds. The molecule has 25 heavy (non-hydrogen) atoms. The molecule has 1 aromatic heterocycles. The van der Waals surface area contributed by atoms with Crippen LogP contribution in [0.1, 0.15) is 6.92 Å². The van der Waals surface area contributed by atoms with Gasteiger partial charge >= 0.3 is 0 Å². The first-order chi connectivity index (χ1) is 12.1. The Morgan fingerprint density at radius 1 is 1.24 bits per heavy atom. The number of nitrogens with one attached hydrogen (secondary N) is 2. The highest BCUT2D eigenvalue weighted by molar-refractivity contribution is 6.32. The fourth-order valence-electron chi connectivity index (χ4n) is 2.31. The highest BCUT2D eigenvalue weighted by Gasteiger charge is 2.12. The fourth-order valence-corrected chi connectivity index (χ4v) is 2.49. The van der Waals surface area contributed by atoms with Crippen LogP contribution in [0.25, 0.3) is 10.9 Å². The van der Waals surface area contributed by atoms with E-state index < -0.39 is 0 Å². The number of anilines is 2. The zero-order chi connectivity index (χ0) is 17.8. The number of halogens is 1. The van der Waals surface area contributed by atoms with E-state index in [1.807, 2.05) is 32.2 Å². The predicted molar refractivity (Wildman–Crippen MR) is 100.0 cm³/mol. The van der Waals surface area contributed by atoms with E-state index in [2.05, 4.69) is 20.6 Å². The standard InChI is InChI=1S/C18H19ClN4O2/c1-11(20-2)9-25-16-5-3-4-14-17(16)18(22-10-21-14)23-12-6-7-15(24)13(19)8-12/h3-8,10-11,20,24H,9H2,1-2H3,(H,21,22,23)/t11-/m1/s1. The Morgan fingerprint density at radius 2 is 2.08 bits per heavy atom. The lowest BCUT2D eigenvalue weighted by atomic mass is 10.2. The van der Waals surface area contributed by atoms with Crippen LogP contribution in [0.3, 0.4) is 0 Å². The van der Waals surface area contributed by atoms with E-state index in [4.69, 9.17) is 16.3 Å². The molecule has 1 heterocycles. The van der Waals surface area contributed by atoms with Crippen LogP contribution in [0.2, 0.25) is 5.02 Å².